The molecule has 0 radical (unpaired) electrons. The van der Waals surface area contributed by atoms with Gasteiger partial charge >= 0.3 is 5.97 Å². The van der Waals surface area contributed by atoms with Crippen LogP contribution in [0.3, 0.4) is 0 Å². The van der Waals surface area contributed by atoms with Gasteiger partial charge < -0.3 is 4.84 Å². The SMILES string of the molecule is C=CCC(C(=NOC(=O)c1ccc(Cl)cc1Cl)c1ccc(C#N)cc1Cl)c1cccnc1. The Balaban J connectivity index is 2.08. The minimum absolute atomic E-state index is 0.117. The highest BCUT2D eigenvalue weighted by atomic mass is 35.5. The summed E-state index contributed by atoms with van der Waals surface area (Å²) in [7, 11) is 0. The Kier molecular flexibility index (Phi) is 8.02. The van der Waals surface area contributed by atoms with Crippen LogP contribution < -0.4 is 0 Å². The number of allylic oxidation sites excluding steroid dienone is 1. The van der Waals surface area contributed by atoms with Crippen LogP contribution in [0.25, 0.3) is 0 Å². The van der Waals surface area contributed by atoms with Crippen LogP contribution in [-0.2, 0) is 4.84 Å². The summed E-state index contributed by atoms with van der Waals surface area (Å²) in [4.78, 5) is 22.1. The molecule has 0 aliphatic rings. The third-order valence-corrected chi connectivity index (χ3v) is 5.43. The Bertz CT molecular complexity index is 1220. The maximum atomic E-state index is 12.6. The summed E-state index contributed by atoms with van der Waals surface area (Å²) in [6.45, 7) is 3.83. The number of oxime groups is 1. The number of carbonyl (C=O) groups excluding carboxylic acids is 1. The summed E-state index contributed by atoms with van der Waals surface area (Å²) in [6.07, 6.45) is 5.55. The fourth-order valence-electron chi connectivity index (χ4n) is 3.04. The molecule has 2 aromatic carbocycles. The fourth-order valence-corrected chi connectivity index (χ4v) is 3.81. The molecule has 3 aromatic rings. The molecule has 0 saturated heterocycles. The molecule has 0 fully saturated rings. The lowest BCUT2D eigenvalue weighted by atomic mass is 9.88. The van der Waals surface area contributed by atoms with E-state index >= 15 is 0 Å². The van der Waals surface area contributed by atoms with E-state index in [1.807, 2.05) is 12.1 Å². The molecule has 0 N–H and O–H groups in total. The van der Waals surface area contributed by atoms with Crippen molar-refractivity contribution in [2.75, 3.05) is 0 Å². The van der Waals surface area contributed by atoms with Gasteiger partial charge in [0.2, 0.25) is 0 Å². The molecule has 1 atom stereocenters. The van der Waals surface area contributed by atoms with Crippen molar-refractivity contribution in [2.45, 2.75) is 12.3 Å². The van der Waals surface area contributed by atoms with Crippen molar-refractivity contribution in [1.29, 1.82) is 5.26 Å². The average Bonchev–Trinajstić information content (AvgIpc) is 2.79. The molecule has 1 heterocycles. The van der Waals surface area contributed by atoms with Gasteiger partial charge in [0, 0.05) is 28.9 Å². The van der Waals surface area contributed by atoms with Crippen LogP contribution in [0.2, 0.25) is 15.1 Å². The van der Waals surface area contributed by atoms with Crippen LogP contribution in [0.15, 0.2) is 78.7 Å². The first-order valence-corrected chi connectivity index (χ1v) is 10.5. The molecule has 0 amide bonds. The van der Waals surface area contributed by atoms with Crippen LogP contribution in [0.1, 0.15) is 39.4 Å². The van der Waals surface area contributed by atoms with Crippen LogP contribution in [-0.4, -0.2) is 16.7 Å². The maximum Gasteiger partial charge on any atom is 0.367 e. The van der Waals surface area contributed by atoms with Gasteiger partial charge in [-0.3, -0.25) is 4.98 Å². The minimum Gasteiger partial charge on any atom is -0.312 e. The van der Waals surface area contributed by atoms with Crippen molar-refractivity contribution < 1.29 is 9.63 Å². The highest BCUT2D eigenvalue weighted by molar-refractivity contribution is 6.36. The van der Waals surface area contributed by atoms with Crippen LogP contribution in [0.5, 0.6) is 0 Å². The number of pyridine rings is 1. The zero-order valence-electron chi connectivity index (χ0n) is 16.6. The summed E-state index contributed by atoms with van der Waals surface area (Å²) in [5.41, 5.74) is 2.23. The first-order valence-electron chi connectivity index (χ1n) is 9.39. The lowest BCUT2D eigenvalue weighted by Crippen LogP contribution is -2.17. The molecule has 160 valence electrons. The number of benzene rings is 2. The van der Waals surface area contributed by atoms with Gasteiger partial charge in [-0.05, 0) is 48.4 Å². The predicted octanol–water partition coefficient (Wildman–Crippen LogP) is 6.83. The third kappa shape index (κ3) is 5.54. The van der Waals surface area contributed by atoms with E-state index in [2.05, 4.69) is 16.7 Å². The minimum atomic E-state index is -0.752. The normalized spacial score (nSPS) is 12.0. The molecule has 0 spiro atoms. The molecule has 1 aromatic heterocycles. The quantitative estimate of drug-likeness (QED) is 0.159. The summed E-state index contributed by atoms with van der Waals surface area (Å²) < 4.78 is 0. The molecule has 0 bridgehead atoms. The second-order valence-corrected chi connectivity index (χ2v) is 7.90. The molecule has 8 heteroatoms. The molecule has 0 aliphatic heterocycles. The van der Waals surface area contributed by atoms with E-state index in [1.54, 1.807) is 36.7 Å². The molecule has 1 unspecified atom stereocenters. The molecule has 0 aliphatic carbocycles. The Morgan fingerprint density at radius 3 is 2.53 bits per heavy atom. The lowest BCUT2D eigenvalue weighted by molar-refractivity contribution is 0.0515. The molecule has 0 saturated carbocycles. The Labute approximate surface area is 200 Å². The standard InChI is InChI=1S/C24H16Cl3N3O2/c1-2-4-18(16-5-3-10-29-14-16)23(19-8-6-15(13-28)11-21(19)26)30-32-24(31)20-9-7-17(25)12-22(20)27/h2-3,5-12,14,18H,1,4H2. The van der Waals surface area contributed by atoms with Crippen molar-refractivity contribution in [3.05, 3.63) is 111 Å². The fraction of sp³-hybridized carbons (Fsp3) is 0.0833. The summed E-state index contributed by atoms with van der Waals surface area (Å²) in [6, 6.07) is 14.9. The van der Waals surface area contributed by atoms with E-state index in [9.17, 15) is 4.79 Å². The summed E-state index contributed by atoms with van der Waals surface area (Å²) >= 11 is 18.5. The van der Waals surface area contributed by atoms with Crippen molar-refractivity contribution in [3.63, 3.8) is 0 Å². The lowest BCUT2D eigenvalue weighted by Gasteiger charge is -2.19. The Hall–Kier alpha value is -3.17. The number of nitrogens with zero attached hydrogens (tertiary/aromatic N) is 3. The largest absolute Gasteiger partial charge is 0.367 e. The van der Waals surface area contributed by atoms with E-state index in [0.717, 1.165) is 5.56 Å². The zero-order valence-corrected chi connectivity index (χ0v) is 18.9. The van der Waals surface area contributed by atoms with Crippen LogP contribution >= 0.6 is 34.8 Å². The number of halogens is 3. The van der Waals surface area contributed by atoms with Gasteiger partial charge in [-0.15, -0.1) is 6.58 Å². The number of hydrogen-bond donors (Lipinski definition) is 0. The maximum absolute atomic E-state index is 12.6. The van der Waals surface area contributed by atoms with Gasteiger partial charge in [0.1, 0.15) is 0 Å². The second-order valence-electron chi connectivity index (χ2n) is 6.65. The number of nitriles is 1. The molecular formula is C24H16Cl3N3O2. The second kappa shape index (κ2) is 10.9. The predicted molar refractivity (Wildman–Crippen MR) is 126 cm³/mol. The van der Waals surface area contributed by atoms with E-state index in [1.165, 1.54) is 24.3 Å². The number of carbonyl (C=O) groups is 1. The first kappa shape index (κ1) is 23.5. The van der Waals surface area contributed by atoms with Gasteiger partial charge in [-0.1, -0.05) is 58.2 Å². The van der Waals surface area contributed by atoms with Crippen LogP contribution in [0.4, 0.5) is 0 Å². The van der Waals surface area contributed by atoms with Gasteiger partial charge in [0.05, 0.1) is 33.0 Å². The van der Waals surface area contributed by atoms with Crippen molar-refractivity contribution >= 4 is 46.5 Å². The highest BCUT2D eigenvalue weighted by Gasteiger charge is 2.24. The smallest absolute Gasteiger partial charge is 0.312 e. The van der Waals surface area contributed by atoms with E-state index in [0.29, 0.717) is 33.3 Å². The topological polar surface area (TPSA) is 75.3 Å². The summed E-state index contributed by atoms with van der Waals surface area (Å²) in [5, 5.41) is 14.2. The monoisotopic (exact) mass is 483 g/mol. The number of aromatic nitrogens is 1. The van der Waals surface area contributed by atoms with Gasteiger partial charge in [0.15, 0.2) is 0 Å². The number of hydrogen-bond acceptors (Lipinski definition) is 5. The zero-order chi connectivity index (χ0) is 23.1. The Morgan fingerprint density at radius 2 is 1.91 bits per heavy atom. The average molecular weight is 485 g/mol. The van der Waals surface area contributed by atoms with Gasteiger partial charge in [-0.25, -0.2) is 4.79 Å². The molecule has 5 nitrogen and oxygen atoms in total. The van der Waals surface area contributed by atoms with Gasteiger partial charge in [-0.2, -0.15) is 5.26 Å². The molecule has 32 heavy (non-hydrogen) atoms. The highest BCUT2D eigenvalue weighted by Crippen LogP contribution is 2.30. The van der Waals surface area contributed by atoms with Crippen molar-refractivity contribution in [1.82, 2.24) is 4.98 Å². The number of rotatable bonds is 7. The van der Waals surface area contributed by atoms with Crippen molar-refractivity contribution in [2.24, 2.45) is 5.16 Å². The van der Waals surface area contributed by atoms with E-state index in [-0.39, 0.29) is 16.5 Å². The van der Waals surface area contributed by atoms with Crippen molar-refractivity contribution in [3.8, 4) is 6.07 Å². The molecule has 3 rings (SSSR count). The summed E-state index contributed by atoms with van der Waals surface area (Å²) in [5.74, 6) is -1.11. The molecular weight excluding hydrogens is 469 g/mol. The van der Waals surface area contributed by atoms with E-state index in [4.69, 9.17) is 44.9 Å². The Morgan fingerprint density at radius 1 is 1.16 bits per heavy atom. The van der Waals surface area contributed by atoms with Gasteiger partial charge in [0.25, 0.3) is 0 Å². The first-order chi connectivity index (χ1) is 15.4. The van der Waals surface area contributed by atoms with Crippen LogP contribution in [0, 0.1) is 11.3 Å². The van der Waals surface area contributed by atoms with E-state index < -0.39 is 5.97 Å². The third-order valence-electron chi connectivity index (χ3n) is 4.57.